The van der Waals surface area contributed by atoms with E-state index in [1.807, 2.05) is 13.1 Å². The Hall–Kier alpha value is -1.40. The number of piperazine rings is 1. The van der Waals surface area contributed by atoms with Crippen LogP contribution in [-0.2, 0) is 11.3 Å². The highest BCUT2D eigenvalue weighted by molar-refractivity contribution is 5.49. The maximum absolute atomic E-state index is 5.15. The van der Waals surface area contributed by atoms with Gasteiger partial charge in [-0.1, -0.05) is 0 Å². The molecule has 0 spiro atoms. The number of anilines is 2. The van der Waals surface area contributed by atoms with Gasteiger partial charge < -0.3 is 15.0 Å². The van der Waals surface area contributed by atoms with Gasteiger partial charge in [0.15, 0.2) is 5.82 Å². The van der Waals surface area contributed by atoms with E-state index in [9.17, 15) is 0 Å². The normalized spacial score (nSPS) is 20.2. The fourth-order valence-corrected chi connectivity index (χ4v) is 2.72. The van der Waals surface area contributed by atoms with Crippen molar-refractivity contribution in [1.29, 1.82) is 0 Å². The largest absolute Gasteiger partial charge is 0.377 e. The average molecular weight is 277 g/mol. The summed E-state index contributed by atoms with van der Waals surface area (Å²) in [7, 11) is 3.55. The van der Waals surface area contributed by atoms with Crippen LogP contribution in [0.3, 0.4) is 0 Å². The van der Waals surface area contributed by atoms with Gasteiger partial charge in [0.1, 0.15) is 18.2 Å². The maximum Gasteiger partial charge on any atom is 0.158 e. The van der Waals surface area contributed by atoms with Crippen molar-refractivity contribution in [3.8, 4) is 0 Å². The van der Waals surface area contributed by atoms with Gasteiger partial charge in [-0.05, 0) is 12.8 Å². The molecule has 3 rings (SSSR count). The molecule has 1 saturated carbocycles. The van der Waals surface area contributed by atoms with E-state index in [1.165, 1.54) is 12.8 Å². The average Bonchev–Trinajstić information content (AvgIpc) is 3.32. The minimum Gasteiger partial charge on any atom is -0.377 e. The van der Waals surface area contributed by atoms with Gasteiger partial charge in [0.05, 0.1) is 0 Å². The van der Waals surface area contributed by atoms with E-state index in [2.05, 4.69) is 25.1 Å². The molecular formula is C14H23N5O. The van der Waals surface area contributed by atoms with Crippen molar-refractivity contribution < 1.29 is 4.74 Å². The first kappa shape index (κ1) is 13.6. The number of nitrogens with one attached hydrogen (secondary N) is 1. The lowest BCUT2D eigenvalue weighted by atomic mass is 10.3. The Morgan fingerprint density at radius 3 is 2.60 bits per heavy atom. The third-order valence-electron chi connectivity index (χ3n) is 3.99. The van der Waals surface area contributed by atoms with Gasteiger partial charge in [-0.2, -0.15) is 0 Å². The zero-order valence-electron chi connectivity index (χ0n) is 12.3. The van der Waals surface area contributed by atoms with E-state index in [-0.39, 0.29) is 0 Å². The third-order valence-corrected chi connectivity index (χ3v) is 3.99. The Labute approximate surface area is 120 Å². The molecule has 1 aliphatic carbocycles. The first-order chi connectivity index (χ1) is 9.80. The van der Waals surface area contributed by atoms with Gasteiger partial charge in [0.25, 0.3) is 0 Å². The molecule has 1 saturated heterocycles. The van der Waals surface area contributed by atoms with Crippen LogP contribution in [0.5, 0.6) is 0 Å². The summed E-state index contributed by atoms with van der Waals surface area (Å²) in [6.07, 6.45) is 2.77. The molecule has 2 fully saturated rings. The molecule has 1 N–H and O–H groups in total. The molecule has 6 heteroatoms. The van der Waals surface area contributed by atoms with E-state index < -0.39 is 0 Å². The topological polar surface area (TPSA) is 53.5 Å². The van der Waals surface area contributed by atoms with Gasteiger partial charge in [-0.25, -0.2) is 9.97 Å². The predicted molar refractivity (Wildman–Crippen MR) is 79.1 cm³/mol. The number of hydrogen-bond acceptors (Lipinski definition) is 6. The molecule has 2 heterocycles. The standard InChI is InChI=1S/C14H23N5O/c1-15-12-9-14(17-13(16-12)10-20-2)19-7-5-18(6-8-19)11-3-4-11/h9,11H,3-8,10H2,1-2H3,(H,15,16,17). The molecule has 0 amide bonds. The summed E-state index contributed by atoms with van der Waals surface area (Å²) < 4.78 is 5.15. The fourth-order valence-electron chi connectivity index (χ4n) is 2.72. The van der Waals surface area contributed by atoms with Gasteiger partial charge in [0, 0.05) is 52.4 Å². The van der Waals surface area contributed by atoms with Gasteiger partial charge in [-0.15, -0.1) is 0 Å². The molecular weight excluding hydrogens is 254 g/mol. The molecule has 20 heavy (non-hydrogen) atoms. The Morgan fingerprint density at radius 2 is 2.00 bits per heavy atom. The first-order valence-corrected chi connectivity index (χ1v) is 7.34. The van der Waals surface area contributed by atoms with Crippen LogP contribution in [0.4, 0.5) is 11.6 Å². The van der Waals surface area contributed by atoms with Crippen molar-refractivity contribution in [3.63, 3.8) is 0 Å². The molecule has 0 aromatic carbocycles. The summed E-state index contributed by atoms with van der Waals surface area (Å²) >= 11 is 0. The summed E-state index contributed by atoms with van der Waals surface area (Å²) in [6, 6.07) is 2.88. The second-order valence-corrected chi connectivity index (χ2v) is 5.46. The molecule has 110 valence electrons. The first-order valence-electron chi connectivity index (χ1n) is 7.34. The molecule has 0 unspecified atom stereocenters. The van der Waals surface area contributed by atoms with Crippen LogP contribution in [0, 0.1) is 0 Å². The molecule has 1 aromatic rings. The second kappa shape index (κ2) is 5.93. The summed E-state index contributed by atoms with van der Waals surface area (Å²) in [5.41, 5.74) is 0. The van der Waals surface area contributed by atoms with Crippen molar-refractivity contribution in [1.82, 2.24) is 14.9 Å². The zero-order chi connectivity index (χ0) is 13.9. The van der Waals surface area contributed by atoms with Crippen LogP contribution in [0.1, 0.15) is 18.7 Å². The minimum atomic E-state index is 0.449. The van der Waals surface area contributed by atoms with E-state index in [0.29, 0.717) is 6.61 Å². The van der Waals surface area contributed by atoms with E-state index in [4.69, 9.17) is 4.74 Å². The molecule has 1 aliphatic heterocycles. The van der Waals surface area contributed by atoms with Gasteiger partial charge in [0.2, 0.25) is 0 Å². The molecule has 6 nitrogen and oxygen atoms in total. The van der Waals surface area contributed by atoms with Crippen LogP contribution in [-0.4, -0.2) is 61.2 Å². The summed E-state index contributed by atoms with van der Waals surface area (Å²) in [4.78, 5) is 14.0. The number of nitrogens with zero attached hydrogens (tertiary/aromatic N) is 4. The lowest BCUT2D eigenvalue weighted by molar-refractivity contribution is 0.178. The van der Waals surface area contributed by atoms with Crippen LogP contribution in [0.15, 0.2) is 6.07 Å². The molecule has 0 radical (unpaired) electrons. The third kappa shape index (κ3) is 3.02. The lowest BCUT2D eigenvalue weighted by Gasteiger charge is -2.35. The fraction of sp³-hybridized carbons (Fsp3) is 0.714. The summed E-state index contributed by atoms with van der Waals surface area (Å²) in [6.45, 7) is 4.82. The number of ether oxygens (including phenoxy) is 1. The minimum absolute atomic E-state index is 0.449. The number of aromatic nitrogens is 2. The lowest BCUT2D eigenvalue weighted by Crippen LogP contribution is -2.47. The smallest absolute Gasteiger partial charge is 0.158 e. The Morgan fingerprint density at radius 1 is 1.25 bits per heavy atom. The Kier molecular flexibility index (Phi) is 4.03. The molecule has 2 aliphatic rings. The second-order valence-electron chi connectivity index (χ2n) is 5.46. The highest BCUT2D eigenvalue weighted by Gasteiger charge is 2.31. The molecule has 0 atom stereocenters. The zero-order valence-corrected chi connectivity index (χ0v) is 12.3. The number of methoxy groups -OCH3 is 1. The number of hydrogen-bond donors (Lipinski definition) is 1. The SMILES string of the molecule is CNc1cc(N2CCN(C3CC3)CC2)nc(COC)n1. The van der Waals surface area contributed by atoms with Crippen molar-refractivity contribution in [2.45, 2.75) is 25.5 Å². The Bertz CT molecular complexity index is 455. The summed E-state index contributed by atoms with van der Waals surface area (Å²) in [5.74, 6) is 2.59. The van der Waals surface area contributed by atoms with Crippen molar-refractivity contribution in [2.75, 3.05) is 50.6 Å². The quantitative estimate of drug-likeness (QED) is 0.865. The van der Waals surface area contributed by atoms with Crippen molar-refractivity contribution in [2.24, 2.45) is 0 Å². The van der Waals surface area contributed by atoms with Crippen molar-refractivity contribution in [3.05, 3.63) is 11.9 Å². The van der Waals surface area contributed by atoms with Gasteiger partial charge >= 0.3 is 0 Å². The monoisotopic (exact) mass is 277 g/mol. The highest BCUT2D eigenvalue weighted by Crippen LogP contribution is 2.28. The molecule has 1 aromatic heterocycles. The highest BCUT2D eigenvalue weighted by atomic mass is 16.5. The van der Waals surface area contributed by atoms with E-state index >= 15 is 0 Å². The number of rotatable bonds is 5. The van der Waals surface area contributed by atoms with Crippen LogP contribution in [0.2, 0.25) is 0 Å². The van der Waals surface area contributed by atoms with E-state index in [0.717, 1.165) is 49.7 Å². The molecule has 0 bridgehead atoms. The van der Waals surface area contributed by atoms with Crippen LogP contribution >= 0.6 is 0 Å². The van der Waals surface area contributed by atoms with Crippen LogP contribution in [0.25, 0.3) is 0 Å². The summed E-state index contributed by atoms with van der Waals surface area (Å²) in [5, 5.41) is 3.10. The van der Waals surface area contributed by atoms with E-state index in [1.54, 1.807) is 7.11 Å². The van der Waals surface area contributed by atoms with Crippen molar-refractivity contribution >= 4 is 11.6 Å². The van der Waals surface area contributed by atoms with Gasteiger partial charge in [-0.3, -0.25) is 4.90 Å². The maximum atomic E-state index is 5.15. The predicted octanol–water partition coefficient (Wildman–Crippen LogP) is 0.949. The Balaban J connectivity index is 1.70. The van der Waals surface area contributed by atoms with Crippen LogP contribution < -0.4 is 10.2 Å².